The molecule has 1 aliphatic rings. The fourth-order valence-electron chi connectivity index (χ4n) is 2.74. The highest BCUT2D eigenvalue weighted by Gasteiger charge is 2.22. The van der Waals surface area contributed by atoms with Crippen LogP contribution in [0.15, 0.2) is 24.4 Å². The summed E-state index contributed by atoms with van der Waals surface area (Å²) >= 11 is 0. The van der Waals surface area contributed by atoms with Gasteiger partial charge >= 0.3 is 0 Å². The number of nitrogens with one attached hydrogen (secondary N) is 1. The molecule has 0 bridgehead atoms. The predicted molar refractivity (Wildman–Crippen MR) is 86.0 cm³/mol. The molecule has 1 amide bonds. The minimum atomic E-state index is -0.600. The molecule has 2 aromatic rings. The van der Waals surface area contributed by atoms with E-state index < -0.39 is 6.10 Å². The number of aliphatic hydroxyl groups is 1. The van der Waals surface area contributed by atoms with Crippen molar-refractivity contribution in [3.05, 3.63) is 41.3 Å². The van der Waals surface area contributed by atoms with Crippen molar-refractivity contribution in [2.45, 2.75) is 32.5 Å². The van der Waals surface area contributed by atoms with Gasteiger partial charge in [-0.3, -0.25) is 9.48 Å². The number of fused-ring (bicyclic) bond motifs is 1. The standard InChI is InChI=1S/C16H21N5O2/c1-11(22)14-9-13-10-20(6-3-7-21(13)19-14)16(23)12-4-5-18-15(8-12)17-2/h4-5,8-9,11,22H,3,6-7,10H2,1-2H3,(H,17,18). The Bertz CT molecular complexity index is 710. The lowest BCUT2D eigenvalue weighted by Crippen LogP contribution is -2.30. The molecule has 7 nitrogen and oxygen atoms in total. The van der Waals surface area contributed by atoms with E-state index in [0.717, 1.165) is 18.7 Å². The van der Waals surface area contributed by atoms with E-state index in [-0.39, 0.29) is 5.91 Å². The van der Waals surface area contributed by atoms with E-state index >= 15 is 0 Å². The van der Waals surface area contributed by atoms with E-state index in [1.54, 1.807) is 32.3 Å². The van der Waals surface area contributed by atoms with Crippen molar-refractivity contribution in [2.75, 3.05) is 18.9 Å². The van der Waals surface area contributed by atoms with E-state index in [9.17, 15) is 9.90 Å². The average Bonchev–Trinajstić information content (AvgIpc) is 2.86. The van der Waals surface area contributed by atoms with Gasteiger partial charge in [-0.05, 0) is 31.5 Å². The number of hydrogen-bond donors (Lipinski definition) is 2. The summed E-state index contributed by atoms with van der Waals surface area (Å²) in [5.74, 6) is 0.657. The number of anilines is 1. The third kappa shape index (κ3) is 3.19. The van der Waals surface area contributed by atoms with Gasteiger partial charge in [0.2, 0.25) is 0 Å². The van der Waals surface area contributed by atoms with E-state index in [1.165, 1.54) is 0 Å². The zero-order valence-electron chi connectivity index (χ0n) is 13.4. The van der Waals surface area contributed by atoms with Gasteiger partial charge in [0.05, 0.1) is 24.0 Å². The second-order valence-electron chi connectivity index (χ2n) is 5.72. The maximum Gasteiger partial charge on any atom is 0.254 e. The van der Waals surface area contributed by atoms with Crippen LogP contribution in [0.3, 0.4) is 0 Å². The predicted octanol–water partition coefficient (Wildman–Crippen LogP) is 1.42. The summed E-state index contributed by atoms with van der Waals surface area (Å²) < 4.78 is 1.89. The van der Waals surface area contributed by atoms with E-state index in [1.807, 2.05) is 15.6 Å². The largest absolute Gasteiger partial charge is 0.387 e. The minimum Gasteiger partial charge on any atom is -0.387 e. The minimum absolute atomic E-state index is 0.0165. The first kappa shape index (κ1) is 15.5. The first-order valence-electron chi connectivity index (χ1n) is 7.76. The van der Waals surface area contributed by atoms with Gasteiger partial charge in [0.15, 0.2) is 0 Å². The molecular formula is C16H21N5O2. The first-order valence-corrected chi connectivity index (χ1v) is 7.76. The van der Waals surface area contributed by atoms with Crippen LogP contribution in [0, 0.1) is 0 Å². The molecule has 3 rings (SSSR count). The number of aryl methyl sites for hydroxylation is 1. The Kier molecular flexibility index (Phi) is 4.29. The molecule has 0 aliphatic carbocycles. The third-order valence-electron chi connectivity index (χ3n) is 4.01. The van der Waals surface area contributed by atoms with Gasteiger partial charge in [0, 0.05) is 31.9 Å². The molecule has 23 heavy (non-hydrogen) atoms. The molecule has 7 heteroatoms. The summed E-state index contributed by atoms with van der Waals surface area (Å²) in [5.41, 5.74) is 2.22. The molecule has 0 spiro atoms. The number of rotatable bonds is 3. The highest BCUT2D eigenvalue weighted by atomic mass is 16.3. The maximum absolute atomic E-state index is 12.8. The van der Waals surface area contributed by atoms with Gasteiger partial charge in [-0.15, -0.1) is 0 Å². The first-order chi connectivity index (χ1) is 11.1. The molecule has 2 N–H and O–H groups in total. The summed E-state index contributed by atoms with van der Waals surface area (Å²) in [5, 5.41) is 17.0. The Morgan fingerprint density at radius 2 is 2.22 bits per heavy atom. The molecular weight excluding hydrogens is 294 g/mol. The number of pyridine rings is 1. The van der Waals surface area contributed by atoms with Crippen LogP contribution in [0.2, 0.25) is 0 Å². The summed E-state index contributed by atoms with van der Waals surface area (Å²) in [6.07, 6.45) is 1.87. The van der Waals surface area contributed by atoms with Crippen LogP contribution in [0.4, 0.5) is 5.82 Å². The highest BCUT2D eigenvalue weighted by Crippen LogP contribution is 2.19. The van der Waals surface area contributed by atoms with E-state index in [2.05, 4.69) is 15.4 Å². The topological polar surface area (TPSA) is 83.3 Å². The number of nitrogens with zero attached hydrogens (tertiary/aromatic N) is 4. The Labute approximate surface area is 134 Å². The van der Waals surface area contributed by atoms with Gasteiger partial charge in [-0.2, -0.15) is 5.10 Å². The second-order valence-corrected chi connectivity index (χ2v) is 5.72. The molecule has 3 heterocycles. The van der Waals surface area contributed by atoms with Crippen molar-refractivity contribution >= 4 is 11.7 Å². The average molecular weight is 315 g/mol. The zero-order chi connectivity index (χ0) is 16.4. The summed E-state index contributed by atoms with van der Waals surface area (Å²) in [6, 6.07) is 5.36. The van der Waals surface area contributed by atoms with Crippen molar-refractivity contribution in [2.24, 2.45) is 0 Å². The fourth-order valence-corrected chi connectivity index (χ4v) is 2.74. The normalized spacial score (nSPS) is 15.7. The molecule has 122 valence electrons. The number of aliphatic hydroxyl groups excluding tert-OH is 1. The van der Waals surface area contributed by atoms with Crippen molar-refractivity contribution in [1.82, 2.24) is 19.7 Å². The molecule has 0 fully saturated rings. The van der Waals surface area contributed by atoms with Crippen LogP contribution in [0.25, 0.3) is 0 Å². The Hall–Kier alpha value is -2.41. The molecule has 0 radical (unpaired) electrons. The fraction of sp³-hybridized carbons (Fsp3) is 0.438. The molecule has 1 atom stereocenters. The number of carbonyl (C=O) groups excluding carboxylic acids is 1. The van der Waals surface area contributed by atoms with Crippen molar-refractivity contribution in [3.8, 4) is 0 Å². The monoisotopic (exact) mass is 315 g/mol. The Balaban J connectivity index is 1.83. The van der Waals surface area contributed by atoms with Gasteiger partial charge in [-0.25, -0.2) is 4.98 Å². The molecule has 0 saturated carbocycles. The van der Waals surface area contributed by atoms with Gasteiger partial charge < -0.3 is 15.3 Å². The summed E-state index contributed by atoms with van der Waals surface area (Å²) in [4.78, 5) is 18.7. The van der Waals surface area contributed by atoms with Crippen LogP contribution in [-0.4, -0.2) is 44.3 Å². The molecule has 0 saturated heterocycles. The molecule has 2 aromatic heterocycles. The van der Waals surface area contributed by atoms with Crippen molar-refractivity contribution < 1.29 is 9.90 Å². The quantitative estimate of drug-likeness (QED) is 0.895. The second kappa shape index (κ2) is 6.37. The van der Waals surface area contributed by atoms with Crippen molar-refractivity contribution in [3.63, 3.8) is 0 Å². The smallest absolute Gasteiger partial charge is 0.254 e. The number of amides is 1. The van der Waals surface area contributed by atoms with Crippen LogP contribution >= 0.6 is 0 Å². The Morgan fingerprint density at radius 3 is 2.96 bits per heavy atom. The van der Waals surface area contributed by atoms with Crippen LogP contribution in [-0.2, 0) is 13.1 Å². The lowest BCUT2D eigenvalue weighted by molar-refractivity contribution is 0.0745. The van der Waals surface area contributed by atoms with Gasteiger partial charge in [-0.1, -0.05) is 0 Å². The number of aromatic nitrogens is 3. The number of hydrogen-bond acceptors (Lipinski definition) is 5. The van der Waals surface area contributed by atoms with Gasteiger partial charge in [0.25, 0.3) is 5.91 Å². The number of carbonyl (C=O) groups is 1. The third-order valence-corrected chi connectivity index (χ3v) is 4.01. The van der Waals surface area contributed by atoms with E-state index in [0.29, 0.717) is 30.2 Å². The maximum atomic E-state index is 12.8. The van der Waals surface area contributed by atoms with Crippen LogP contribution in [0.1, 0.15) is 41.2 Å². The molecule has 1 unspecified atom stereocenters. The van der Waals surface area contributed by atoms with E-state index in [4.69, 9.17) is 0 Å². The lowest BCUT2D eigenvalue weighted by atomic mass is 10.2. The molecule has 0 aromatic carbocycles. The van der Waals surface area contributed by atoms with Gasteiger partial charge in [0.1, 0.15) is 5.82 Å². The lowest BCUT2D eigenvalue weighted by Gasteiger charge is -2.20. The highest BCUT2D eigenvalue weighted by molar-refractivity contribution is 5.94. The summed E-state index contributed by atoms with van der Waals surface area (Å²) in [7, 11) is 1.78. The molecule has 1 aliphatic heterocycles. The van der Waals surface area contributed by atoms with Crippen molar-refractivity contribution in [1.29, 1.82) is 0 Å². The van der Waals surface area contributed by atoms with Crippen LogP contribution in [0.5, 0.6) is 0 Å². The SMILES string of the molecule is CNc1cc(C(=O)N2CCCn3nc(C(C)O)cc3C2)ccn1. The van der Waals surface area contributed by atoms with Crippen LogP contribution < -0.4 is 5.32 Å². The Morgan fingerprint density at radius 1 is 1.39 bits per heavy atom. The summed E-state index contributed by atoms with van der Waals surface area (Å²) in [6.45, 7) is 3.63. The zero-order valence-corrected chi connectivity index (χ0v) is 13.4.